The molecule has 0 saturated heterocycles. The molecule has 1 aliphatic rings. The fourth-order valence-corrected chi connectivity index (χ4v) is 3.49. The standard InChI is InChI=1S/C14H10F4N4S/c15-8-3-4-9-10(5-8)22-11(20-21-13(22)14(16,17)18)12(19-9)23-6-7-1-2-7/h3-5,7H,1-2,6H2. The SMILES string of the molecule is Fc1ccc2nc(SCC3CC3)c3nnc(C(F)(F)F)n3c2c1. The second-order valence-corrected chi connectivity index (χ2v) is 6.49. The van der Waals surface area contributed by atoms with Gasteiger partial charge in [-0.2, -0.15) is 13.2 Å². The third kappa shape index (κ3) is 2.62. The molecule has 0 spiro atoms. The van der Waals surface area contributed by atoms with Crippen LogP contribution < -0.4 is 0 Å². The predicted octanol–water partition coefficient (Wildman–Crippen LogP) is 3.94. The largest absolute Gasteiger partial charge is 0.452 e. The molecule has 2 heterocycles. The van der Waals surface area contributed by atoms with Crippen LogP contribution in [0.15, 0.2) is 23.2 Å². The maximum Gasteiger partial charge on any atom is 0.452 e. The quantitative estimate of drug-likeness (QED) is 0.534. The van der Waals surface area contributed by atoms with Gasteiger partial charge < -0.3 is 0 Å². The van der Waals surface area contributed by atoms with Gasteiger partial charge in [-0.05, 0) is 30.9 Å². The van der Waals surface area contributed by atoms with Crippen molar-refractivity contribution in [1.29, 1.82) is 0 Å². The van der Waals surface area contributed by atoms with Gasteiger partial charge in [0.2, 0.25) is 5.82 Å². The van der Waals surface area contributed by atoms with Crippen LogP contribution in [-0.4, -0.2) is 25.3 Å². The Labute approximate surface area is 131 Å². The Morgan fingerprint density at radius 2 is 2.00 bits per heavy atom. The maximum atomic E-state index is 13.5. The highest BCUT2D eigenvalue weighted by Crippen LogP contribution is 2.37. The van der Waals surface area contributed by atoms with E-state index in [0.717, 1.165) is 29.1 Å². The molecule has 1 saturated carbocycles. The molecule has 0 amide bonds. The Morgan fingerprint density at radius 3 is 2.70 bits per heavy atom. The van der Waals surface area contributed by atoms with Crippen molar-refractivity contribution >= 4 is 28.4 Å². The topological polar surface area (TPSA) is 43.1 Å². The molecule has 3 aromatic rings. The molecule has 0 radical (unpaired) electrons. The average Bonchev–Trinajstić information content (AvgIpc) is 3.19. The molecule has 0 N–H and O–H groups in total. The molecule has 0 unspecified atom stereocenters. The van der Waals surface area contributed by atoms with Gasteiger partial charge in [0.05, 0.1) is 11.0 Å². The summed E-state index contributed by atoms with van der Waals surface area (Å²) in [5, 5.41) is 7.30. The first kappa shape index (κ1) is 14.7. The summed E-state index contributed by atoms with van der Waals surface area (Å²) in [6.07, 6.45) is -2.43. The zero-order chi connectivity index (χ0) is 16.2. The lowest BCUT2D eigenvalue weighted by Crippen LogP contribution is -2.12. The van der Waals surface area contributed by atoms with E-state index in [-0.39, 0.29) is 16.7 Å². The Hall–Kier alpha value is -1.90. The first-order valence-electron chi connectivity index (χ1n) is 6.98. The molecule has 4 rings (SSSR count). The summed E-state index contributed by atoms with van der Waals surface area (Å²) in [4.78, 5) is 4.35. The lowest BCUT2D eigenvalue weighted by molar-refractivity contribution is -0.145. The molecule has 0 atom stereocenters. The number of benzene rings is 1. The van der Waals surface area contributed by atoms with Crippen LogP contribution >= 0.6 is 11.8 Å². The van der Waals surface area contributed by atoms with Crippen molar-refractivity contribution < 1.29 is 17.6 Å². The molecule has 1 aromatic carbocycles. The van der Waals surface area contributed by atoms with Gasteiger partial charge in [-0.1, -0.05) is 0 Å². The number of fused-ring (bicyclic) bond motifs is 3. The number of hydrogen-bond acceptors (Lipinski definition) is 4. The van der Waals surface area contributed by atoms with Crippen LogP contribution in [0, 0.1) is 11.7 Å². The predicted molar refractivity (Wildman–Crippen MR) is 76.7 cm³/mol. The molecule has 1 aliphatic carbocycles. The minimum Gasteiger partial charge on any atom is -0.267 e. The molecule has 0 bridgehead atoms. The summed E-state index contributed by atoms with van der Waals surface area (Å²) < 4.78 is 53.9. The number of thioether (sulfide) groups is 1. The third-order valence-electron chi connectivity index (χ3n) is 3.66. The van der Waals surface area contributed by atoms with Gasteiger partial charge in [0.1, 0.15) is 10.8 Å². The Balaban J connectivity index is 1.98. The van der Waals surface area contributed by atoms with Crippen LogP contribution in [0.4, 0.5) is 17.6 Å². The molecule has 2 aromatic heterocycles. The second kappa shape index (κ2) is 5.05. The van der Waals surface area contributed by atoms with Crippen LogP contribution in [0.1, 0.15) is 18.7 Å². The molecule has 120 valence electrons. The normalized spacial score (nSPS) is 15.7. The van der Waals surface area contributed by atoms with Crippen LogP contribution in [0.5, 0.6) is 0 Å². The van der Waals surface area contributed by atoms with E-state index in [9.17, 15) is 17.6 Å². The Morgan fingerprint density at radius 1 is 1.22 bits per heavy atom. The summed E-state index contributed by atoms with van der Waals surface area (Å²) in [6.45, 7) is 0. The Bertz CT molecular complexity index is 901. The highest BCUT2D eigenvalue weighted by Gasteiger charge is 2.38. The van der Waals surface area contributed by atoms with Gasteiger partial charge in [0.25, 0.3) is 0 Å². The lowest BCUT2D eigenvalue weighted by atomic mass is 10.3. The molecular weight excluding hydrogens is 332 g/mol. The smallest absolute Gasteiger partial charge is 0.267 e. The van der Waals surface area contributed by atoms with Crippen molar-refractivity contribution in [2.24, 2.45) is 5.92 Å². The summed E-state index contributed by atoms with van der Waals surface area (Å²) in [5.74, 6) is -0.445. The monoisotopic (exact) mass is 342 g/mol. The van der Waals surface area contributed by atoms with Gasteiger partial charge in [-0.3, -0.25) is 4.40 Å². The molecule has 1 fully saturated rings. The van der Waals surface area contributed by atoms with Gasteiger partial charge in [-0.15, -0.1) is 22.0 Å². The van der Waals surface area contributed by atoms with Crippen molar-refractivity contribution in [3.63, 3.8) is 0 Å². The average molecular weight is 342 g/mol. The van der Waals surface area contributed by atoms with E-state index in [1.54, 1.807) is 0 Å². The number of nitrogens with zero attached hydrogens (tertiary/aromatic N) is 4. The fourth-order valence-electron chi connectivity index (χ4n) is 2.34. The van der Waals surface area contributed by atoms with Gasteiger partial charge in [-0.25, -0.2) is 9.37 Å². The highest BCUT2D eigenvalue weighted by molar-refractivity contribution is 7.99. The van der Waals surface area contributed by atoms with Crippen molar-refractivity contribution in [3.05, 3.63) is 29.8 Å². The van der Waals surface area contributed by atoms with Crippen LogP contribution in [0.25, 0.3) is 16.7 Å². The molecule has 9 heteroatoms. The van der Waals surface area contributed by atoms with Gasteiger partial charge in [0, 0.05) is 11.8 Å². The Kier molecular flexibility index (Phi) is 3.22. The first-order valence-corrected chi connectivity index (χ1v) is 7.96. The van der Waals surface area contributed by atoms with E-state index < -0.39 is 17.8 Å². The van der Waals surface area contributed by atoms with Crippen molar-refractivity contribution in [3.8, 4) is 0 Å². The van der Waals surface area contributed by atoms with Crippen molar-refractivity contribution in [2.75, 3.05) is 5.75 Å². The zero-order valence-corrected chi connectivity index (χ0v) is 12.5. The van der Waals surface area contributed by atoms with Crippen LogP contribution in [0.2, 0.25) is 0 Å². The van der Waals surface area contributed by atoms with E-state index >= 15 is 0 Å². The number of aromatic nitrogens is 4. The van der Waals surface area contributed by atoms with E-state index in [4.69, 9.17) is 0 Å². The van der Waals surface area contributed by atoms with E-state index in [0.29, 0.717) is 10.9 Å². The van der Waals surface area contributed by atoms with E-state index in [2.05, 4.69) is 15.2 Å². The number of rotatable bonds is 3. The molecular formula is C14H10F4N4S. The van der Waals surface area contributed by atoms with E-state index in [1.807, 2.05) is 0 Å². The van der Waals surface area contributed by atoms with Crippen molar-refractivity contribution in [2.45, 2.75) is 24.0 Å². The lowest BCUT2D eigenvalue weighted by Gasteiger charge is -2.09. The van der Waals surface area contributed by atoms with Crippen molar-refractivity contribution in [1.82, 2.24) is 19.6 Å². The highest BCUT2D eigenvalue weighted by atomic mass is 32.2. The third-order valence-corrected chi connectivity index (χ3v) is 4.85. The fraction of sp³-hybridized carbons (Fsp3) is 0.357. The molecule has 4 nitrogen and oxygen atoms in total. The number of halogens is 4. The van der Waals surface area contributed by atoms with Crippen LogP contribution in [-0.2, 0) is 6.18 Å². The summed E-state index contributed by atoms with van der Waals surface area (Å²) in [5.41, 5.74) is 0.302. The molecule has 23 heavy (non-hydrogen) atoms. The minimum absolute atomic E-state index is 0.00750. The van der Waals surface area contributed by atoms with Crippen LogP contribution in [0.3, 0.4) is 0 Å². The first-order chi connectivity index (χ1) is 10.9. The van der Waals surface area contributed by atoms with Gasteiger partial charge >= 0.3 is 6.18 Å². The van der Waals surface area contributed by atoms with Gasteiger partial charge in [0.15, 0.2) is 5.65 Å². The number of hydrogen-bond donors (Lipinski definition) is 0. The second-order valence-electron chi connectivity index (χ2n) is 5.48. The maximum absolute atomic E-state index is 13.5. The van der Waals surface area contributed by atoms with E-state index in [1.165, 1.54) is 23.9 Å². The summed E-state index contributed by atoms with van der Waals surface area (Å²) in [7, 11) is 0. The minimum atomic E-state index is -4.68. The number of alkyl halides is 3. The molecule has 0 aliphatic heterocycles. The summed E-state index contributed by atoms with van der Waals surface area (Å²) in [6, 6.07) is 3.56. The zero-order valence-electron chi connectivity index (χ0n) is 11.6. The summed E-state index contributed by atoms with van der Waals surface area (Å²) >= 11 is 1.37.